The van der Waals surface area contributed by atoms with Crippen LogP contribution in [-0.2, 0) is 23.7 Å². The highest BCUT2D eigenvalue weighted by molar-refractivity contribution is 5.87. The summed E-state index contributed by atoms with van der Waals surface area (Å²) in [6.07, 6.45) is -13.3. The lowest BCUT2D eigenvalue weighted by Crippen LogP contribution is -2.60. The number of allylic oxidation sites excluding steroid dienone is 2. The van der Waals surface area contributed by atoms with Gasteiger partial charge < -0.3 is 106 Å². The van der Waals surface area contributed by atoms with Crippen molar-refractivity contribution in [1.29, 1.82) is 0 Å². The molecule has 22 unspecified atom stereocenters. The first-order chi connectivity index (χ1) is 38.9. The van der Waals surface area contributed by atoms with Crippen molar-refractivity contribution in [2.24, 2.45) is 41.4 Å². The molecule has 0 radical (unpaired) electrons. The zero-order valence-electron chi connectivity index (χ0n) is 50.1. The number of cyclic esters (lactones) is 1. The van der Waals surface area contributed by atoms with Gasteiger partial charge in [0.15, 0.2) is 12.6 Å². The van der Waals surface area contributed by atoms with Crippen LogP contribution in [0.1, 0.15) is 139 Å². The van der Waals surface area contributed by atoms with Gasteiger partial charge in [-0.15, -0.1) is 0 Å². The third-order valence-electron chi connectivity index (χ3n) is 17.3. The lowest BCUT2D eigenvalue weighted by atomic mass is 9.82. The molecule has 482 valence electrons. The minimum atomic E-state index is -1.88. The van der Waals surface area contributed by atoms with E-state index in [0.717, 1.165) is 0 Å². The number of aliphatic hydroxyl groups is 17. The average molecular weight is 1190 g/mol. The van der Waals surface area contributed by atoms with Crippen molar-refractivity contribution in [2.45, 2.75) is 268 Å². The van der Waals surface area contributed by atoms with Crippen LogP contribution in [-0.4, -0.2) is 228 Å². The summed E-state index contributed by atoms with van der Waals surface area (Å²) >= 11 is 0. The minimum absolute atomic E-state index is 0.148. The summed E-state index contributed by atoms with van der Waals surface area (Å²) in [7, 11) is 0. The zero-order chi connectivity index (χ0) is 62.6. The summed E-state index contributed by atoms with van der Waals surface area (Å²) in [6, 6.07) is 0. The summed E-state index contributed by atoms with van der Waals surface area (Å²) in [5.41, 5.74) is 0.559. The first-order valence-corrected chi connectivity index (χ1v) is 29.9. The van der Waals surface area contributed by atoms with E-state index < -0.39 is 184 Å². The van der Waals surface area contributed by atoms with Crippen molar-refractivity contribution in [3.05, 3.63) is 59.8 Å². The van der Waals surface area contributed by atoms with Crippen molar-refractivity contribution < 1.29 is 111 Å². The van der Waals surface area contributed by atoms with Crippen molar-refractivity contribution >= 4 is 5.97 Å². The minimum Gasteiger partial charge on any atom is -0.458 e. The lowest BCUT2D eigenvalue weighted by molar-refractivity contribution is -0.313. The topological polar surface area (TPSA) is 398 Å². The lowest BCUT2D eigenvalue weighted by Gasteiger charge is -2.41. The van der Waals surface area contributed by atoms with E-state index >= 15 is 0 Å². The van der Waals surface area contributed by atoms with Crippen LogP contribution < -0.4 is 0 Å². The number of ether oxygens (including phenoxy) is 4. The Kier molecular flexibility index (Phi) is 32.9. The first-order valence-electron chi connectivity index (χ1n) is 29.9. The molecule has 17 N–H and O–H groups in total. The van der Waals surface area contributed by atoms with Crippen LogP contribution in [0.15, 0.2) is 59.8 Å². The smallest absolute Gasteiger partial charge is 0.333 e. The molecule has 3 aliphatic heterocycles. The van der Waals surface area contributed by atoms with Gasteiger partial charge >= 0.3 is 5.97 Å². The molecule has 83 heavy (non-hydrogen) atoms. The molecule has 22 heteroatoms. The Bertz CT molecular complexity index is 2000. The van der Waals surface area contributed by atoms with E-state index in [4.69, 9.17) is 18.9 Å². The summed E-state index contributed by atoms with van der Waals surface area (Å²) in [6.45, 7) is 14.3. The van der Waals surface area contributed by atoms with Gasteiger partial charge in [0.2, 0.25) is 0 Å². The van der Waals surface area contributed by atoms with E-state index in [9.17, 15) is 91.6 Å². The number of carbonyl (C=O) groups excluding carboxylic acids is 1. The van der Waals surface area contributed by atoms with Crippen LogP contribution in [0.4, 0.5) is 0 Å². The predicted molar refractivity (Wildman–Crippen MR) is 306 cm³/mol. The molecule has 0 aromatic carbocycles. The maximum absolute atomic E-state index is 13.5. The standard InChI is InChI=1S/C61H106O22/c1-31-14-10-11-18-45(68)36(6)55(74)32(2)15-12-16-34(4)60(79)81-49(39(9)50-22-23-53(72)80-50)19-13-17-40(63)25-41(64)27-46(69)37(7)56(75)38(8)47(70)28-42(65)26-43(66)29-48(71)51(24-35(5)54(73)33(3)20-21-44(31)67)82-61-59(78)58(77)57(76)52(30-62)83-61/h10,13-14,16-17,20-21,24,31-33,36-59,61-78H,11-12,15,18-19,22-23,25-30H2,1-9H3/b14-10?,17-13+,21-20+,34-16-,35-24+/t31?,32?,33?,36?,37?,38?,39-,40?,41?,42?,43?,44?,45?,46?,47?,48?,49?,50?,51?,52+,53?,54?,55?,56?,57+,58-,59-,61-/m0/s1. The second kappa shape index (κ2) is 36.6. The van der Waals surface area contributed by atoms with Crippen molar-refractivity contribution in [3.63, 3.8) is 0 Å². The second-order valence-electron chi connectivity index (χ2n) is 24.4. The molecule has 3 rings (SSSR count). The molecule has 2 fully saturated rings. The maximum Gasteiger partial charge on any atom is 0.333 e. The highest BCUT2D eigenvalue weighted by Crippen LogP contribution is 2.32. The zero-order valence-corrected chi connectivity index (χ0v) is 50.1. The molecule has 3 aliphatic rings. The highest BCUT2D eigenvalue weighted by Gasteiger charge is 2.46. The number of carbonyl (C=O) groups is 1. The Balaban J connectivity index is 1.88. The SMILES string of the molecule is C/C1=C/CCC(C)C(O)C(C)C(O)CCC=CC(C)C(O)/C=C/C(C)C(O)/C(C)=C/C(O[C@H]2O[C@H](CO)[C@@H](O)[C@H](O)[C@@H]2O)C(O)CC(O)CC(O)CC(O)C(C)C(O)C(C)C(O)CC(O)CC(O)/C=C/CC([C@H](C)C2CCC(O)O2)OC1=O. The third kappa shape index (κ3) is 24.1. The fourth-order valence-electron chi connectivity index (χ4n) is 11.0. The number of aliphatic hydroxyl groups excluding tert-OH is 17. The molecule has 0 aliphatic carbocycles. The van der Waals surface area contributed by atoms with E-state index in [2.05, 4.69) is 0 Å². The van der Waals surface area contributed by atoms with Crippen LogP contribution in [0.25, 0.3) is 0 Å². The Labute approximate surface area is 490 Å². The molecule has 28 atom stereocenters. The van der Waals surface area contributed by atoms with Gasteiger partial charge in [-0.3, -0.25) is 0 Å². The van der Waals surface area contributed by atoms with Crippen LogP contribution in [0.2, 0.25) is 0 Å². The predicted octanol–water partition coefficient (Wildman–Crippen LogP) is 0.840. The Morgan fingerprint density at radius 3 is 1.75 bits per heavy atom. The van der Waals surface area contributed by atoms with Gasteiger partial charge in [-0.2, -0.15) is 0 Å². The van der Waals surface area contributed by atoms with Crippen molar-refractivity contribution in [3.8, 4) is 0 Å². The van der Waals surface area contributed by atoms with Crippen LogP contribution >= 0.6 is 0 Å². The largest absolute Gasteiger partial charge is 0.458 e. The molecule has 22 nitrogen and oxygen atoms in total. The van der Waals surface area contributed by atoms with Gasteiger partial charge in [0.1, 0.15) is 36.6 Å². The fraction of sp³-hybridized carbons (Fsp3) is 0.820. The number of esters is 1. The molecule has 0 bridgehead atoms. The number of hydrogen-bond acceptors (Lipinski definition) is 22. The average Bonchev–Trinajstić information content (AvgIpc) is 4.00. The van der Waals surface area contributed by atoms with Crippen molar-refractivity contribution in [1.82, 2.24) is 0 Å². The molecule has 0 aromatic heterocycles. The summed E-state index contributed by atoms with van der Waals surface area (Å²) in [4.78, 5) is 13.5. The first kappa shape index (κ1) is 74.6. The normalized spacial score (nSPS) is 46.1. The quantitative estimate of drug-likeness (QED) is 0.134. The van der Waals surface area contributed by atoms with Gasteiger partial charge in [-0.25, -0.2) is 4.79 Å². The Morgan fingerprint density at radius 2 is 1.16 bits per heavy atom. The van der Waals surface area contributed by atoms with Gasteiger partial charge in [0.05, 0.1) is 86.0 Å². The monoisotopic (exact) mass is 1190 g/mol. The van der Waals surface area contributed by atoms with Gasteiger partial charge in [0, 0.05) is 66.8 Å². The van der Waals surface area contributed by atoms with Crippen LogP contribution in [0.3, 0.4) is 0 Å². The Hall–Kier alpha value is -2.63. The summed E-state index contributed by atoms with van der Waals surface area (Å²) < 4.78 is 23.1. The maximum atomic E-state index is 13.5. The number of hydrogen-bond donors (Lipinski definition) is 17. The summed E-state index contributed by atoms with van der Waals surface area (Å²) in [5.74, 6) is -4.60. The van der Waals surface area contributed by atoms with Gasteiger partial charge in [-0.1, -0.05) is 97.1 Å². The molecule has 3 heterocycles. The van der Waals surface area contributed by atoms with E-state index in [1.807, 2.05) is 19.9 Å². The Morgan fingerprint density at radius 1 is 0.566 bits per heavy atom. The third-order valence-corrected chi connectivity index (χ3v) is 17.3. The molecular weight excluding hydrogens is 1080 g/mol. The van der Waals surface area contributed by atoms with Gasteiger partial charge in [-0.05, 0) is 76.7 Å². The molecule has 0 saturated carbocycles. The van der Waals surface area contributed by atoms with Gasteiger partial charge in [0.25, 0.3) is 0 Å². The van der Waals surface area contributed by atoms with Crippen LogP contribution in [0, 0.1) is 41.4 Å². The molecular formula is C61H106O22. The second-order valence-corrected chi connectivity index (χ2v) is 24.4. The molecule has 0 spiro atoms. The van der Waals surface area contributed by atoms with E-state index in [-0.39, 0.29) is 43.1 Å². The molecule has 2 saturated heterocycles. The molecule has 0 amide bonds. The fourth-order valence-corrected chi connectivity index (χ4v) is 11.0. The van der Waals surface area contributed by atoms with Crippen molar-refractivity contribution in [2.75, 3.05) is 6.61 Å². The highest BCUT2D eigenvalue weighted by atomic mass is 16.7. The van der Waals surface area contributed by atoms with E-state index in [0.29, 0.717) is 44.1 Å². The number of rotatable bonds is 5. The summed E-state index contributed by atoms with van der Waals surface area (Å²) in [5, 5.41) is 185. The van der Waals surface area contributed by atoms with Crippen LogP contribution in [0.5, 0.6) is 0 Å². The molecule has 0 aromatic rings. The van der Waals surface area contributed by atoms with E-state index in [1.54, 1.807) is 52.0 Å². The van der Waals surface area contributed by atoms with E-state index in [1.165, 1.54) is 39.0 Å².